The van der Waals surface area contributed by atoms with E-state index in [1.54, 1.807) is 0 Å². The quantitative estimate of drug-likeness (QED) is 0.257. The second kappa shape index (κ2) is 9.69. The number of hydrogen-bond acceptors (Lipinski definition) is 4. The van der Waals surface area contributed by atoms with Crippen LogP contribution in [-0.4, -0.2) is 50.3 Å². The Labute approximate surface area is 146 Å². The summed E-state index contributed by atoms with van der Waals surface area (Å²) in [6.45, 7) is 8.30. The number of rotatable bonds is 9. The molecule has 0 amide bonds. The topological polar surface area (TPSA) is 88.9 Å². The van der Waals surface area contributed by atoms with Crippen molar-refractivity contribution in [1.82, 2.24) is 10.2 Å². The van der Waals surface area contributed by atoms with E-state index in [9.17, 15) is 0 Å². The number of likely N-dealkylation sites (tertiary alicyclic amines) is 1. The van der Waals surface area contributed by atoms with Gasteiger partial charge in [-0.1, -0.05) is 6.58 Å². The molecular weight excluding hydrogens is 302 g/mol. The minimum atomic E-state index is 0.0958. The maximum absolute atomic E-state index is 5.70. The molecule has 0 radical (unpaired) electrons. The van der Waals surface area contributed by atoms with E-state index in [1.807, 2.05) is 13.1 Å². The molecule has 0 bridgehead atoms. The molecule has 136 valence electrons. The molecule has 5 N–H and O–H groups in total. The number of guanidine groups is 1. The summed E-state index contributed by atoms with van der Waals surface area (Å²) in [5.74, 6) is 0.853. The van der Waals surface area contributed by atoms with Crippen molar-refractivity contribution < 1.29 is 4.74 Å². The lowest BCUT2D eigenvalue weighted by atomic mass is 10.0. The van der Waals surface area contributed by atoms with Gasteiger partial charge in [0.1, 0.15) is 0 Å². The smallest absolute Gasteiger partial charge is 0.190 e. The lowest BCUT2D eigenvalue weighted by Gasteiger charge is -2.20. The predicted molar refractivity (Wildman–Crippen MR) is 99.5 cm³/mol. The van der Waals surface area contributed by atoms with Gasteiger partial charge in [0.05, 0.1) is 6.10 Å². The van der Waals surface area contributed by atoms with Crippen molar-refractivity contribution in [3.8, 4) is 0 Å². The van der Waals surface area contributed by atoms with Crippen LogP contribution in [0, 0.1) is 5.92 Å². The molecule has 2 aliphatic rings. The van der Waals surface area contributed by atoms with E-state index < -0.39 is 0 Å². The second-order valence-corrected chi connectivity index (χ2v) is 6.85. The lowest BCUT2D eigenvalue weighted by molar-refractivity contribution is 0.111. The van der Waals surface area contributed by atoms with E-state index in [4.69, 9.17) is 16.2 Å². The molecular formula is C18H33N5O. The molecule has 2 heterocycles. The zero-order chi connectivity index (χ0) is 17.4. The van der Waals surface area contributed by atoms with Gasteiger partial charge in [-0.15, -0.1) is 0 Å². The summed E-state index contributed by atoms with van der Waals surface area (Å²) in [4.78, 5) is 6.64. The molecule has 0 aromatic carbocycles. The molecule has 2 atom stereocenters. The molecule has 2 aliphatic heterocycles. The number of aliphatic imine (C=N–C) groups is 1. The number of allylic oxidation sites excluding steroid dienone is 1. The Balaban J connectivity index is 1.90. The van der Waals surface area contributed by atoms with Gasteiger partial charge in [0.15, 0.2) is 5.96 Å². The highest BCUT2D eigenvalue weighted by Gasteiger charge is 2.23. The minimum Gasteiger partial charge on any atom is -0.378 e. The van der Waals surface area contributed by atoms with Gasteiger partial charge in [-0.2, -0.15) is 0 Å². The third kappa shape index (κ3) is 6.17. The van der Waals surface area contributed by atoms with E-state index in [0.29, 0.717) is 0 Å². The fraction of sp³-hybridized carbons (Fsp3) is 0.722. The van der Waals surface area contributed by atoms with Crippen LogP contribution in [0.25, 0.3) is 0 Å². The largest absolute Gasteiger partial charge is 0.378 e. The Morgan fingerprint density at radius 3 is 2.92 bits per heavy atom. The molecule has 2 rings (SSSR count). The van der Waals surface area contributed by atoms with Crippen molar-refractivity contribution >= 4 is 5.96 Å². The SMILES string of the molecule is C=C(/C=C(/CC1CCCO1)N=C(N)N)N1CCC(CCCNC)C1. The number of nitrogens with zero attached hydrogens (tertiary/aromatic N) is 2. The fourth-order valence-corrected chi connectivity index (χ4v) is 3.52. The molecule has 6 nitrogen and oxygen atoms in total. The molecule has 24 heavy (non-hydrogen) atoms. The lowest BCUT2D eigenvalue weighted by Crippen LogP contribution is -2.23. The molecule has 0 aliphatic carbocycles. The van der Waals surface area contributed by atoms with Crippen LogP contribution in [0.4, 0.5) is 0 Å². The summed E-state index contributed by atoms with van der Waals surface area (Å²) in [6, 6.07) is 0. The van der Waals surface area contributed by atoms with Crippen LogP contribution < -0.4 is 16.8 Å². The van der Waals surface area contributed by atoms with Crippen molar-refractivity contribution in [1.29, 1.82) is 0 Å². The summed E-state index contributed by atoms with van der Waals surface area (Å²) < 4.78 is 5.70. The standard InChI is InChI=1S/C18H33N5O/c1-14(23-9-7-15(13-23)5-3-8-21-2)11-16(22-18(19)20)12-17-6-4-10-24-17/h11,15,17,21H,1,3-10,12-13H2,2H3,(H4,19,20,22)/b16-11-. The van der Waals surface area contributed by atoms with Gasteiger partial charge in [-0.05, 0) is 57.7 Å². The van der Waals surface area contributed by atoms with Crippen LogP contribution in [0.2, 0.25) is 0 Å². The average Bonchev–Trinajstić information content (AvgIpc) is 3.18. The molecule has 6 heteroatoms. The van der Waals surface area contributed by atoms with Crippen LogP contribution in [-0.2, 0) is 4.74 Å². The third-order valence-corrected chi connectivity index (χ3v) is 4.80. The Kier molecular flexibility index (Phi) is 7.59. The number of ether oxygens (including phenoxy) is 1. The van der Waals surface area contributed by atoms with Crippen molar-refractivity contribution in [3.63, 3.8) is 0 Å². The first-order chi connectivity index (χ1) is 11.6. The van der Waals surface area contributed by atoms with Gasteiger partial charge in [0, 0.05) is 37.5 Å². The highest BCUT2D eigenvalue weighted by atomic mass is 16.5. The average molecular weight is 335 g/mol. The van der Waals surface area contributed by atoms with Crippen LogP contribution >= 0.6 is 0 Å². The molecule has 0 aromatic heterocycles. The fourth-order valence-electron chi connectivity index (χ4n) is 3.52. The van der Waals surface area contributed by atoms with Crippen molar-refractivity contribution in [3.05, 3.63) is 24.0 Å². The van der Waals surface area contributed by atoms with Gasteiger partial charge in [-0.25, -0.2) is 4.99 Å². The van der Waals surface area contributed by atoms with Gasteiger partial charge >= 0.3 is 0 Å². The zero-order valence-electron chi connectivity index (χ0n) is 15.0. The summed E-state index contributed by atoms with van der Waals surface area (Å²) >= 11 is 0. The Morgan fingerprint density at radius 2 is 2.25 bits per heavy atom. The van der Waals surface area contributed by atoms with Gasteiger partial charge in [-0.3, -0.25) is 0 Å². The first-order valence-corrected chi connectivity index (χ1v) is 9.08. The van der Waals surface area contributed by atoms with Crippen molar-refractivity contribution in [2.75, 3.05) is 33.3 Å². The van der Waals surface area contributed by atoms with E-state index in [1.165, 1.54) is 19.3 Å². The minimum absolute atomic E-state index is 0.0958. The number of hydrogen-bond donors (Lipinski definition) is 3. The maximum atomic E-state index is 5.70. The Bertz CT molecular complexity index is 464. The summed E-state index contributed by atoms with van der Waals surface area (Å²) in [6.07, 6.45) is 8.91. The highest BCUT2D eigenvalue weighted by molar-refractivity contribution is 5.76. The van der Waals surface area contributed by atoms with Crippen LogP contribution in [0.3, 0.4) is 0 Å². The van der Waals surface area contributed by atoms with Crippen LogP contribution in [0.1, 0.15) is 38.5 Å². The monoisotopic (exact) mass is 335 g/mol. The summed E-state index contributed by atoms with van der Waals surface area (Å²) in [7, 11) is 2.01. The van der Waals surface area contributed by atoms with E-state index >= 15 is 0 Å². The molecule has 0 aromatic rings. The summed E-state index contributed by atoms with van der Waals surface area (Å²) in [5, 5.41) is 3.21. The van der Waals surface area contributed by atoms with Gasteiger partial charge in [0.25, 0.3) is 0 Å². The molecule has 0 saturated carbocycles. The van der Waals surface area contributed by atoms with Gasteiger partial charge in [0.2, 0.25) is 0 Å². The maximum Gasteiger partial charge on any atom is 0.190 e. The molecule has 2 saturated heterocycles. The van der Waals surface area contributed by atoms with Gasteiger partial charge < -0.3 is 26.4 Å². The molecule has 0 spiro atoms. The van der Waals surface area contributed by atoms with Crippen LogP contribution in [0.5, 0.6) is 0 Å². The number of nitrogens with two attached hydrogens (primary N) is 2. The molecule has 2 unspecified atom stereocenters. The predicted octanol–water partition coefficient (Wildman–Crippen LogP) is 1.55. The first kappa shape index (κ1) is 18.8. The van der Waals surface area contributed by atoms with Crippen molar-refractivity contribution in [2.45, 2.75) is 44.6 Å². The first-order valence-electron chi connectivity index (χ1n) is 9.08. The normalized spacial score (nSPS) is 24.4. The Hall–Kier alpha value is -1.53. The van der Waals surface area contributed by atoms with E-state index in [-0.39, 0.29) is 12.1 Å². The number of nitrogens with one attached hydrogen (secondary N) is 1. The van der Waals surface area contributed by atoms with E-state index in [0.717, 1.165) is 62.8 Å². The highest BCUT2D eigenvalue weighted by Crippen LogP contribution is 2.26. The summed E-state index contributed by atoms with van der Waals surface area (Å²) in [5.41, 5.74) is 13.0. The second-order valence-electron chi connectivity index (χ2n) is 6.85. The molecule has 2 fully saturated rings. The van der Waals surface area contributed by atoms with Crippen molar-refractivity contribution in [2.24, 2.45) is 22.4 Å². The third-order valence-electron chi connectivity index (χ3n) is 4.80. The van der Waals surface area contributed by atoms with Crippen LogP contribution in [0.15, 0.2) is 29.0 Å². The van der Waals surface area contributed by atoms with E-state index in [2.05, 4.69) is 21.8 Å². The zero-order valence-corrected chi connectivity index (χ0v) is 15.0. The Morgan fingerprint density at radius 1 is 1.42 bits per heavy atom.